The lowest BCUT2D eigenvalue weighted by Gasteiger charge is -2.05. The average molecular weight is 270 g/mol. The molecule has 0 aliphatic heterocycles. The van der Waals surface area contributed by atoms with Crippen LogP contribution in [-0.4, -0.2) is 16.7 Å². The molecule has 1 unspecified atom stereocenters. The Bertz CT molecular complexity index is 544. The zero-order valence-corrected chi connectivity index (χ0v) is 10.8. The Balaban J connectivity index is 2.32. The number of aromatic nitrogens is 2. The molecule has 0 saturated carbocycles. The van der Waals surface area contributed by atoms with Gasteiger partial charge in [0.1, 0.15) is 5.82 Å². The van der Waals surface area contributed by atoms with E-state index in [0.717, 1.165) is 6.54 Å². The van der Waals surface area contributed by atoms with Crippen molar-refractivity contribution in [3.05, 3.63) is 34.9 Å². The molecule has 1 aromatic carbocycles. The van der Waals surface area contributed by atoms with Crippen LogP contribution >= 0.6 is 11.6 Å². The molecule has 0 amide bonds. The molecular weight excluding hydrogens is 257 g/mol. The van der Waals surface area contributed by atoms with Crippen molar-refractivity contribution >= 4 is 11.6 Å². The number of rotatable bonds is 4. The summed E-state index contributed by atoms with van der Waals surface area (Å²) in [5.74, 6) is 0.117. The second-order valence-corrected chi connectivity index (χ2v) is 4.29. The molecule has 96 valence electrons. The van der Waals surface area contributed by atoms with Gasteiger partial charge in [-0.3, -0.25) is 0 Å². The lowest BCUT2D eigenvalue weighted by Crippen LogP contribution is -2.17. The predicted molar refractivity (Wildman–Crippen MR) is 66.8 cm³/mol. The fraction of sp³-hybridized carbons (Fsp3) is 0.333. The molecule has 0 spiro atoms. The van der Waals surface area contributed by atoms with Crippen molar-refractivity contribution < 1.29 is 8.81 Å². The van der Waals surface area contributed by atoms with Gasteiger partial charge < -0.3 is 9.73 Å². The summed E-state index contributed by atoms with van der Waals surface area (Å²) in [7, 11) is 0. The summed E-state index contributed by atoms with van der Waals surface area (Å²) in [6.45, 7) is 4.66. The van der Waals surface area contributed by atoms with Gasteiger partial charge in [-0.1, -0.05) is 18.5 Å². The van der Waals surface area contributed by atoms with Crippen LogP contribution in [-0.2, 0) is 0 Å². The van der Waals surface area contributed by atoms with Crippen molar-refractivity contribution in [1.82, 2.24) is 15.5 Å². The zero-order valence-electron chi connectivity index (χ0n) is 10.1. The Hall–Kier alpha value is -1.46. The molecule has 1 atom stereocenters. The molecule has 1 aromatic heterocycles. The number of benzene rings is 1. The summed E-state index contributed by atoms with van der Waals surface area (Å²) in [4.78, 5) is 0. The van der Waals surface area contributed by atoms with Crippen LogP contribution in [0.4, 0.5) is 4.39 Å². The van der Waals surface area contributed by atoms with Crippen LogP contribution in [0.1, 0.15) is 25.8 Å². The Kier molecular flexibility index (Phi) is 3.93. The fourth-order valence-corrected chi connectivity index (χ4v) is 1.75. The molecule has 0 bridgehead atoms. The zero-order chi connectivity index (χ0) is 13.1. The van der Waals surface area contributed by atoms with Crippen LogP contribution in [0.2, 0.25) is 5.02 Å². The van der Waals surface area contributed by atoms with Crippen LogP contribution in [0.25, 0.3) is 11.5 Å². The molecule has 2 rings (SSSR count). The molecule has 0 fully saturated rings. The van der Waals surface area contributed by atoms with Crippen molar-refractivity contribution in [3.63, 3.8) is 0 Å². The van der Waals surface area contributed by atoms with E-state index in [-0.39, 0.29) is 17.5 Å². The van der Waals surface area contributed by atoms with E-state index in [1.54, 1.807) is 0 Å². The number of halogens is 2. The van der Waals surface area contributed by atoms with E-state index in [2.05, 4.69) is 15.5 Å². The Morgan fingerprint density at radius 3 is 2.94 bits per heavy atom. The van der Waals surface area contributed by atoms with Crippen LogP contribution in [0.3, 0.4) is 0 Å². The number of hydrogen-bond donors (Lipinski definition) is 1. The van der Waals surface area contributed by atoms with E-state index < -0.39 is 5.82 Å². The smallest absolute Gasteiger partial charge is 0.250 e. The van der Waals surface area contributed by atoms with Gasteiger partial charge in [-0.25, -0.2) is 4.39 Å². The summed E-state index contributed by atoms with van der Waals surface area (Å²) in [6, 6.07) is 4.14. The molecule has 0 radical (unpaired) electrons. The third-order valence-corrected chi connectivity index (χ3v) is 2.72. The largest absolute Gasteiger partial charge is 0.419 e. The average Bonchev–Trinajstić information content (AvgIpc) is 2.82. The van der Waals surface area contributed by atoms with E-state index in [4.69, 9.17) is 16.0 Å². The standard InChI is InChI=1S/C12H13ClFN3O/c1-3-15-7(2)11-16-17-12(18-11)9-6-8(13)4-5-10(9)14/h4-7,15H,3H2,1-2H3. The van der Waals surface area contributed by atoms with Crippen LogP contribution < -0.4 is 5.32 Å². The molecule has 2 aromatic rings. The quantitative estimate of drug-likeness (QED) is 0.926. The SMILES string of the molecule is CCNC(C)c1nnc(-c2cc(Cl)ccc2F)o1. The minimum absolute atomic E-state index is 0.0708. The summed E-state index contributed by atoms with van der Waals surface area (Å²) in [6.07, 6.45) is 0. The van der Waals surface area contributed by atoms with Crippen LogP contribution in [0.5, 0.6) is 0 Å². The normalized spacial score (nSPS) is 12.7. The molecule has 1 heterocycles. The van der Waals surface area contributed by atoms with Crippen molar-refractivity contribution in [3.8, 4) is 11.5 Å². The van der Waals surface area contributed by atoms with E-state index in [1.807, 2.05) is 13.8 Å². The van der Waals surface area contributed by atoms with E-state index in [9.17, 15) is 4.39 Å². The highest BCUT2D eigenvalue weighted by molar-refractivity contribution is 6.30. The first-order chi connectivity index (χ1) is 8.61. The maximum Gasteiger partial charge on any atom is 0.250 e. The fourth-order valence-electron chi connectivity index (χ4n) is 1.57. The minimum atomic E-state index is -0.439. The third-order valence-electron chi connectivity index (χ3n) is 2.48. The highest BCUT2D eigenvalue weighted by atomic mass is 35.5. The van der Waals surface area contributed by atoms with Gasteiger partial charge in [0.05, 0.1) is 11.6 Å². The Morgan fingerprint density at radius 1 is 1.44 bits per heavy atom. The molecule has 4 nitrogen and oxygen atoms in total. The van der Waals surface area contributed by atoms with Crippen molar-refractivity contribution in [2.24, 2.45) is 0 Å². The van der Waals surface area contributed by atoms with Gasteiger partial charge in [-0.05, 0) is 31.7 Å². The minimum Gasteiger partial charge on any atom is -0.419 e. The van der Waals surface area contributed by atoms with E-state index in [0.29, 0.717) is 10.9 Å². The van der Waals surface area contributed by atoms with E-state index >= 15 is 0 Å². The third kappa shape index (κ3) is 2.68. The van der Waals surface area contributed by atoms with E-state index in [1.165, 1.54) is 18.2 Å². The predicted octanol–water partition coefficient (Wildman–Crippen LogP) is 3.20. The van der Waals surface area contributed by atoms with Gasteiger partial charge in [-0.2, -0.15) is 0 Å². The van der Waals surface area contributed by atoms with Crippen LogP contribution in [0.15, 0.2) is 22.6 Å². The van der Waals surface area contributed by atoms with Gasteiger partial charge >= 0.3 is 0 Å². The Morgan fingerprint density at radius 2 is 2.22 bits per heavy atom. The second-order valence-electron chi connectivity index (χ2n) is 3.85. The van der Waals surface area contributed by atoms with Crippen molar-refractivity contribution in [1.29, 1.82) is 0 Å². The van der Waals surface area contributed by atoms with Crippen LogP contribution in [0, 0.1) is 5.82 Å². The van der Waals surface area contributed by atoms with Gasteiger partial charge in [0.2, 0.25) is 5.89 Å². The summed E-state index contributed by atoms with van der Waals surface area (Å²) >= 11 is 5.82. The number of nitrogens with zero attached hydrogens (tertiary/aromatic N) is 2. The maximum atomic E-state index is 13.6. The maximum absolute atomic E-state index is 13.6. The van der Waals surface area contributed by atoms with Gasteiger partial charge in [0, 0.05) is 5.02 Å². The van der Waals surface area contributed by atoms with Gasteiger partial charge in [-0.15, -0.1) is 10.2 Å². The Labute approximate surface area is 109 Å². The molecule has 0 aliphatic rings. The highest BCUT2D eigenvalue weighted by Gasteiger charge is 2.16. The molecule has 18 heavy (non-hydrogen) atoms. The summed E-state index contributed by atoms with van der Waals surface area (Å²) in [5, 5.41) is 11.3. The van der Waals surface area contributed by atoms with Crippen molar-refractivity contribution in [2.45, 2.75) is 19.9 Å². The van der Waals surface area contributed by atoms with Gasteiger partial charge in [0.15, 0.2) is 0 Å². The molecule has 6 heteroatoms. The molecule has 0 aliphatic carbocycles. The first-order valence-electron chi connectivity index (χ1n) is 5.64. The first kappa shape index (κ1) is 13.0. The second kappa shape index (κ2) is 5.46. The lowest BCUT2D eigenvalue weighted by atomic mass is 10.2. The first-order valence-corrected chi connectivity index (χ1v) is 6.01. The molecule has 1 N–H and O–H groups in total. The number of hydrogen-bond acceptors (Lipinski definition) is 4. The topological polar surface area (TPSA) is 51.0 Å². The molecular formula is C12H13ClFN3O. The highest BCUT2D eigenvalue weighted by Crippen LogP contribution is 2.26. The lowest BCUT2D eigenvalue weighted by molar-refractivity contribution is 0.427. The van der Waals surface area contributed by atoms with Gasteiger partial charge in [0.25, 0.3) is 5.89 Å². The number of nitrogens with one attached hydrogen (secondary N) is 1. The monoisotopic (exact) mass is 269 g/mol. The summed E-state index contributed by atoms with van der Waals surface area (Å²) < 4.78 is 19.0. The summed E-state index contributed by atoms with van der Waals surface area (Å²) in [5.41, 5.74) is 0.213. The van der Waals surface area contributed by atoms with Crippen molar-refractivity contribution in [2.75, 3.05) is 6.54 Å². The molecule has 0 saturated heterocycles.